The monoisotopic (exact) mass is 420 g/mol. The highest BCUT2D eigenvalue weighted by atomic mass is 15.4. The minimum atomic E-state index is -0.341. The number of allylic oxidation sites excluding steroid dienone is 3. The van der Waals surface area contributed by atoms with Gasteiger partial charge >= 0.3 is 0 Å². The Balaban J connectivity index is 1.46. The highest BCUT2D eigenvalue weighted by molar-refractivity contribution is 6.24. The minimum absolute atomic E-state index is 0.0248. The molecule has 0 saturated heterocycles. The number of aliphatic imine (C=N–C) groups is 4. The van der Waals surface area contributed by atoms with E-state index in [9.17, 15) is 0 Å². The van der Waals surface area contributed by atoms with E-state index in [0.29, 0.717) is 28.7 Å². The first kappa shape index (κ1) is 17.0. The van der Waals surface area contributed by atoms with Crippen LogP contribution in [0.25, 0.3) is 0 Å². The maximum absolute atomic E-state index is 4.64. The Morgan fingerprint density at radius 2 is 1.53 bits per heavy atom. The van der Waals surface area contributed by atoms with E-state index in [0.717, 1.165) is 16.7 Å². The van der Waals surface area contributed by atoms with Crippen molar-refractivity contribution >= 4 is 23.6 Å². The minimum Gasteiger partial charge on any atom is -0.347 e. The van der Waals surface area contributed by atoms with E-state index in [1.807, 2.05) is 42.5 Å². The fourth-order valence-corrected chi connectivity index (χ4v) is 3.95. The predicted octanol–water partition coefficient (Wildman–Crippen LogP) is 0.325. The number of aromatic amines is 1. The Morgan fingerprint density at radius 1 is 0.750 bits per heavy atom. The van der Waals surface area contributed by atoms with Crippen LogP contribution in [0.5, 0.6) is 0 Å². The van der Waals surface area contributed by atoms with Gasteiger partial charge in [-0.1, -0.05) is 48.6 Å². The molecular weight excluding hydrogens is 408 g/mol. The first-order valence-corrected chi connectivity index (χ1v) is 9.87. The SMILES string of the molecule is C1=CC2=C3/N=c4/nnc([nH]4)=NC4=N/C(=N\C5=NC(=N\C(N3)C2C=C1)/N=N5)c1ccccc14. The number of benzene rings is 1. The summed E-state index contributed by atoms with van der Waals surface area (Å²) in [5, 5.41) is 19.7. The lowest BCUT2D eigenvalue weighted by Gasteiger charge is -2.15. The zero-order chi connectivity index (χ0) is 21.1. The Hall–Kier alpha value is -4.74. The number of aromatic nitrogens is 3. The van der Waals surface area contributed by atoms with Crippen molar-refractivity contribution < 1.29 is 0 Å². The van der Waals surface area contributed by atoms with Gasteiger partial charge in [0, 0.05) is 22.6 Å². The summed E-state index contributed by atoms with van der Waals surface area (Å²) in [6, 6.07) is 7.65. The van der Waals surface area contributed by atoms with Crippen molar-refractivity contribution in [3.05, 3.63) is 82.3 Å². The van der Waals surface area contributed by atoms with E-state index < -0.39 is 0 Å². The van der Waals surface area contributed by atoms with Crippen molar-refractivity contribution in [3.8, 4) is 0 Å². The van der Waals surface area contributed by atoms with Crippen LogP contribution in [0, 0.1) is 5.92 Å². The first-order valence-electron chi connectivity index (χ1n) is 9.87. The van der Waals surface area contributed by atoms with Crippen LogP contribution in [-0.4, -0.2) is 44.9 Å². The summed E-state index contributed by atoms with van der Waals surface area (Å²) >= 11 is 0. The van der Waals surface area contributed by atoms with E-state index >= 15 is 0 Å². The van der Waals surface area contributed by atoms with Gasteiger partial charge in [-0.05, 0) is 0 Å². The van der Waals surface area contributed by atoms with Crippen LogP contribution in [-0.2, 0) is 0 Å². The van der Waals surface area contributed by atoms with Crippen LogP contribution in [0.2, 0.25) is 0 Å². The van der Waals surface area contributed by atoms with Gasteiger partial charge in [0.25, 0.3) is 23.2 Å². The number of rotatable bonds is 0. The number of nitrogens with zero attached hydrogens (tertiary/aromatic N) is 10. The van der Waals surface area contributed by atoms with Crippen LogP contribution >= 0.6 is 0 Å². The number of hydrogen-bond donors (Lipinski definition) is 2. The molecule has 0 radical (unpaired) electrons. The Kier molecular flexibility index (Phi) is 3.39. The molecule has 0 amide bonds. The molecule has 5 heterocycles. The molecule has 12 heteroatoms. The van der Waals surface area contributed by atoms with Gasteiger partial charge in [0.05, 0.1) is 0 Å². The average Bonchev–Trinajstić information content (AvgIpc) is 3.58. The molecule has 0 fully saturated rings. The zero-order valence-electron chi connectivity index (χ0n) is 16.2. The normalized spacial score (nSPS) is 28.3. The molecule has 0 spiro atoms. The van der Waals surface area contributed by atoms with E-state index in [-0.39, 0.29) is 24.0 Å². The van der Waals surface area contributed by atoms with Crippen LogP contribution in [0.3, 0.4) is 0 Å². The van der Waals surface area contributed by atoms with Gasteiger partial charge < -0.3 is 5.32 Å². The van der Waals surface area contributed by atoms with Crippen molar-refractivity contribution in [2.45, 2.75) is 6.17 Å². The zero-order valence-corrected chi connectivity index (χ0v) is 16.2. The van der Waals surface area contributed by atoms with Gasteiger partial charge in [-0.25, -0.2) is 9.98 Å². The number of nitrogens with one attached hydrogen (secondary N) is 2. The van der Waals surface area contributed by atoms with Crippen LogP contribution in [0.15, 0.2) is 100 Å². The van der Waals surface area contributed by atoms with Gasteiger partial charge in [-0.3, -0.25) is 4.98 Å². The number of hydrogen-bond acceptors (Lipinski definition) is 11. The second-order valence-electron chi connectivity index (χ2n) is 7.32. The summed E-state index contributed by atoms with van der Waals surface area (Å²) in [4.78, 5) is 30.2. The Bertz CT molecular complexity index is 1560. The number of azo groups is 1. The largest absolute Gasteiger partial charge is 0.347 e. The quantitative estimate of drug-likeness (QED) is 0.631. The fraction of sp³-hybridized carbons (Fsp3) is 0.100. The Labute approximate surface area is 179 Å². The standard InChI is InChI=1S/C20H12N12/c1-2-6-10-9(5-1)13-21-14(10)24-18-28-20(32-30-18)26-16-12-8-4-3-7-11(12)15(22-16)25-19-27-17(23-13)29-31-19/h1-9,13,21H,(H,22,23,24,25,26,27,28). The predicted molar refractivity (Wildman–Crippen MR) is 114 cm³/mol. The number of amidine groups is 2. The van der Waals surface area contributed by atoms with E-state index in [1.165, 1.54) is 0 Å². The first-order chi connectivity index (χ1) is 15.8. The third-order valence-electron chi connectivity index (χ3n) is 5.37. The van der Waals surface area contributed by atoms with E-state index in [2.05, 4.69) is 66.8 Å². The maximum Gasteiger partial charge on any atom is 0.274 e. The number of fused-ring (bicyclic) bond motifs is 11. The third kappa shape index (κ3) is 2.62. The van der Waals surface area contributed by atoms with Crippen molar-refractivity contribution in [3.63, 3.8) is 0 Å². The van der Waals surface area contributed by atoms with Gasteiger partial charge in [0.1, 0.15) is 12.0 Å². The maximum atomic E-state index is 4.64. The molecule has 32 heavy (non-hydrogen) atoms. The summed E-state index contributed by atoms with van der Waals surface area (Å²) in [5.41, 5.74) is 3.24. The van der Waals surface area contributed by atoms with Crippen LogP contribution in [0.4, 0.5) is 0 Å². The highest BCUT2D eigenvalue weighted by Crippen LogP contribution is 2.32. The molecule has 2 unspecified atom stereocenters. The molecule has 2 aromatic rings. The van der Waals surface area contributed by atoms with Crippen molar-refractivity contribution in [1.82, 2.24) is 20.5 Å². The van der Waals surface area contributed by atoms with Gasteiger partial charge in [0.15, 0.2) is 11.7 Å². The van der Waals surface area contributed by atoms with Gasteiger partial charge in [-0.15, -0.1) is 20.4 Å². The third-order valence-corrected chi connectivity index (χ3v) is 5.37. The molecule has 7 rings (SSSR count). The second-order valence-corrected chi connectivity index (χ2v) is 7.32. The number of H-pyrrole nitrogens is 1. The summed E-state index contributed by atoms with van der Waals surface area (Å²) in [6.07, 6.45) is 7.64. The summed E-state index contributed by atoms with van der Waals surface area (Å²) in [7, 11) is 0. The molecule has 12 nitrogen and oxygen atoms in total. The highest BCUT2D eigenvalue weighted by Gasteiger charge is 2.33. The lowest BCUT2D eigenvalue weighted by molar-refractivity contribution is 0.553. The molecule has 8 bridgehead atoms. The lowest BCUT2D eigenvalue weighted by Crippen LogP contribution is -2.27. The molecule has 1 aromatic carbocycles. The molecule has 1 aliphatic carbocycles. The van der Waals surface area contributed by atoms with Crippen LogP contribution < -0.4 is 16.6 Å². The lowest BCUT2D eigenvalue weighted by atomic mass is 9.95. The van der Waals surface area contributed by atoms with Crippen LogP contribution in [0.1, 0.15) is 11.1 Å². The molecule has 0 saturated carbocycles. The second kappa shape index (κ2) is 6.38. The van der Waals surface area contributed by atoms with Crippen molar-refractivity contribution in [1.29, 1.82) is 0 Å². The van der Waals surface area contributed by atoms with Gasteiger partial charge in [0.2, 0.25) is 0 Å². The number of guanidine groups is 2. The molecule has 2 N–H and O–H groups in total. The molecule has 1 aromatic heterocycles. The summed E-state index contributed by atoms with van der Waals surface area (Å²) in [5.74, 6) is 1.94. The van der Waals surface area contributed by atoms with E-state index in [1.54, 1.807) is 0 Å². The summed E-state index contributed by atoms with van der Waals surface area (Å²) in [6.45, 7) is 0. The molecule has 5 aliphatic rings. The Morgan fingerprint density at radius 3 is 2.41 bits per heavy atom. The molecule has 152 valence electrons. The molecule has 2 atom stereocenters. The van der Waals surface area contributed by atoms with Gasteiger partial charge in [-0.2, -0.15) is 20.0 Å². The fourth-order valence-electron chi connectivity index (χ4n) is 3.95. The van der Waals surface area contributed by atoms with Crippen molar-refractivity contribution in [2.24, 2.45) is 46.1 Å². The average molecular weight is 420 g/mol. The molecular formula is C20H12N12. The smallest absolute Gasteiger partial charge is 0.274 e. The topological polar surface area (TPSA) is 152 Å². The van der Waals surface area contributed by atoms with Crippen molar-refractivity contribution in [2.75, 3.05) is 0 Å². The summed E-state index contributed by atoms with van der Waals surface area (Å²) < 4.78 is 0. The molecule has 4 aliphatic heterocycles. The van der Waals surface area contributed by atoms with E-state index in [4.69, 9.17) is 0 Å².